The number of carbonyl (C=O) groups excluding carboxylic acids is 1. The van der Waals surface area contributed by atoms with Gasteiger partial charge in [-0.2, -0.15) is 0 Å². The van der Waals surface area contributed by atoms with Gasteiger partial charge in [0.25, 0.3) is 0 Å². The molecule has 4 atom stereocenters. The number of hydrogen-bond acceptors (Lipinski definition) is 3. The van der Waals surface area contributed by atoms with Crippen molar-refractivity contribution in [3.05, 3.63) is 0 Å². The smallest absolute Gasteiger partial charge is 0.239 e. The Labute approximate surface area is 104 Å². The summed E-state index contributed by atoms with van der Waals surface area (Å²) >= 11 is 0. The molecule has 2 heterocycles. The van der Waals surface area contributed by atoms with Gasteiger partial charge in [0.15, 0.2) is 0 Å². The fraction of sp³-hybridized carbons (Fsp3) is 0.923. The molecule has 98 valence electrons. The fourth-order valence-corrected chi connectivity index (χ4v) is 2.97. The number of nitrogens with zero attached hydrogens (tertiary/aromatic N) is 1. The van der Waals surface area contributed by atoms with Crippen LogP contribution in [0.3, 0.4) is 0 Å². The van der Waals surface area contributed by atoms with Crippen molar-refractivity contribution in [2.75, 3.05) is 13.7 Å². The van der Waals surface area contributed by atoms with Crippen molar-refractivity contribution in [3.63, 3.8) is 0 Å². The van der Waals surface area contributed by atoms with E-state index in [9.17, 15) is 4.79 Å². The van der Waals surface area contributed by atoms with E-state index >= 15 is 0 Å². The Hall–Kier alpha value is -0.610. The molecule has 0 saturated carbocycles. The minimum Gasteiger partial charge on any atom is -0.376 e. The van der Waals surface area contributed by atoms with Crippen molar-refractivity contribution >= 4 is 5.91 Å². The van der Waals surface area contributed by atoms with E-state index in [1.54, 1.807) is 0 Å². The van der Waals surface area contributed by atoms with Gasteiger partial charge in [0.05, 0.1) is 18.2 Å². The summed E-state index contributed by atoms with van der Waals surface area (Å²) in [6.07, 6.45) is 4.43. The van der Waals surface area contributed by atoms with Crippen LogP contribution in [0.25, 0.3) is 0 Å². The predicted molar refractivity (Wildman–Crippen MR) is 66.8 cm³/mol. The van der Waals surface area contributed by atoms with Crippen molar-refractivity contribution in [2.24, 2.45) is 0 Å². The summed E-state index contributed by atoms with van der Waals surface area (Å²) in [5, 5.41) is 3.40. The third-order valence-electron chi connectivity index (χ3n) is 4.10. The third kappa shape index (κ3) is 2.80. The van der Waals surface area contributed by atoms with Gasteiger partial charge in [-0.25, -0.2) is 0 Å². The van der Waals surface area contributed by atoms with Crippen LogP contribution in [0.4, 0.5) is 0 Å². The molecule has 0 spiro atoms. The summed E-state index contributed by atoms with van der Waals surface area (Å²) in [5.41, 5.74) is 0. The quantitative estimate of drug-likeness (QED) is 0.787. The predicted octanol–water partition coefficient (Wildman–Crippen LogP) is 1.15. The highest BCUT2D eigenvalue weighted by molar-refractivity contribution is 5.82. The molecular weight excluding hydrogens is 216 g/mol. The molecule has 4 nitrogen and oxygen atoms in total. The minimum atomic E-state index is 0.0107. The number of amides is 1. The molecule has 4 unspecified atom stereocenters. The van der Waals surface area contributed by atoms with Crippen LogP contribution < -0.4 is 5.32 Å². The van der Waals surface area contributed by atoms with E-state index in [4.69, 9.17) is 4.74 Å². The van der Waals surface area contributed by atoms with Crippen molar-refractivity contribution in [3.8, 4) is 0 Å². The van der Waals surface area contributed by atoms with Gasteiger partial charge < -0.3 is 15.0 Å². The van der Waals surface area contributed by atoms with Gasteiger partial charge in [0.2, 0.25) is 5.91 Å². The Morgan fingerprint density at radius 3 is 2.65 bits per heavy atom. The van der Waals surface area contributed by atoms with Crippen LogP contribution in [0.15, 0.2) is 0 Å². The van der Waals surface area contributed by atoms with E-state index in [0.29, 0.717) is 6.04 Å². The molecule has 0 bridgehead atoms. The van der Waals surface area contributed by atoms with Crippen LogP contribution >= 0.6 is 0 Å². The fourth-order valence-electron chi connectivity index (χ4n) is 2.97. The average molecular weight is 240 g/mol. The first-order valence-corrected chi connectivity index (χ1v) is 6.74. The minimum absolute atomic E-state index is 0.0107. The molecule has 2 aliphatic heterocycles. The van der Waals surface area contributed by atoms with E-state index in [0.717, 1.165) is 25.9 Å². The maximum absolute atomic E-state index is 12.4. The number of hydrogen-bond donors (Lipinski definition) is 1. The van der Waals surface area contributed by atoms with E-state index < -0.39 is 0 Å². The molecule has 0 radical (unpaired) electrons. The van der Waals surface area contributed by atoms with Gasteiger partial charge in [-0.15, -0.1) is 0 Å². The van der Waals surface area contributed by atoms with Crippen LogP contribution in [0.2, 0.25) is 0 Å². The van der Waals surface area contributed by atoms with Gasteiger partial charge >= 0.3 is 0 Å². The average Bonchev–Trinajstić information content (AvgIpc) is 2.73. The van der Waals surface area contributed by atoms with Crippen molar-refractivity contribution in [2.45, 2.75) is 63.8 Å². The largest absolute Gasteiger partial charge is 0.376 e. The first kappa shape index (κ1) is 12.8. The van der Waals surface area contributed by atoms with Crippen LogP contribution in [-0.2, 0) is 9.53 Å². The lowest BCUT2D eigenvalue weighted by Gasteiger charge is -2.34. The summed E-state index contributed by atoms with van der Waals surface area (Å²) in [5.74, 6) is 0.235. The first-order valence-electron chi connectivity index (χ1n) is 6.74. The highest BCUT2D eigenvalue weighted by atomic mass is 16.5. The summed E-state index contributed by atoms with van der Waals surface area (Å²) in [6.45, 7) is 4.98. The second-order valence-corrected chi connectivity index (χ2v) is 5.43. The molecule has 4 heteroatoms. The van der Waals surface area contributed by atoms with Crippen molar-refractivity contribution in [1.29, 1.82) is 0 Å². The Kier molecular flexibility index (Phi) is 4.05. The van der Waals surface area contributed by atoms with Crippen molar-refractivity contribution < 1.29 is 9.53 Å². The zero-order chi connectivity index (χ0) is 12.4. The maximum Gasteiger partial charge on any atom is 0.239 e. The Morgan fingerprint density at radius 2 is 2.06 bits per heavy atom. The SMILES string of the molecule is CC1CCCC(C(=O)N(C)C2CCOC2C)N1. The number of likely N-dealkylation sites (N-methyl/N-ethyl adjacent to an activating group) is 1. The summed E-state index contributed by atoms with van der Waals surface area (Å²) in [4.78, 5) is 14.3. The molecular formula is C13H24N2O2. The Bertz CT molecular complexity index is 283. The Balaban J connectivity index is 1.94. The number of carbonyl (C=O) groups is 1. The molecule has 2 saturated heterocycles. The second kappa shape index (κ2) is 5.36. The van der Waals surface area contributed by atoms with Gasteiger partial charge in [-0.3, -0.25) is 4.79 Å². The number of piperidine rings is 1. The van der Waals surface area contributed by atoms with Crippen molar-refractivity contribution in [1.82, 2.24) is 10.2 Å². The van der Waals surface area contributed by atoms with E-state index in [1.165, 1.54) is 6.42 Å². The zero-order valence-corrected chi connectivity index (χ0v) is 11.1. The highest BCUT2D eigenvalue weighted by Crippen LogP contribution is 2.21. The first-order chi connectivity index (χ1) is 8.09. The standard InChI is InChI=1S/C13H24N2O2/c1-9-5-4-6-11(14-9)13(16)15(3)12-7-8-17-10(12)2/h9-12,14H,4-8H2,1-3H3. The lowest BCUT2D eigenvalue weighted by molar-refractivity contribution is -0.136. The highest BCUT2D eigenvalue weighted by Gasteiger charge is 2.34. The van der Waals surface area contributed by atoms with Crippen LogP contribution in [0.5, 0.6) is 0 Å². The van der Waals surface area contributed by atoms with Gasteiger partial charge in [-0.1, -0.05) is 0 Å². The number of rotatable bonds is 2. The molecule has 2 aliphatic rings. The molecule has 0 aromatic heterocycles. The monoisotopic (exact) mass is 240 g/mol. The molecule has 1 N–H and O–H groups in total. The maximum atomic E-state index is 12.4. The molecule has 17 heavy (non-hydrogen) atoms. The van der Waals surface area contributed by atoms with Crippen LogP contribution in [0.1, 0.15) is 39.5 Å². The van der Waals surface area contributed by atoms with Gasteiger partial charge in [0.1, 0.15) is 0 Å². The third-order valence-corrected chi connectivity index (χ3v) is 4.10. The summed E-state index contributed by atoms with van der Waals surface area (Å²) in [7, 11) is 1.92. The lowest BCUT2D eigenvalue weighted by Crippen LogP contribution is -2.53. The van der Waals surface area contributed by atoms with E-state index in [2.05, 4.69) is 19.2 Å². The van der Waals surface area contributed by atoms with E-state index in [1.807, 2.05) is 11.9 Å². The second-order valence-electron chi connectivity index (χ2n) is 5.43. The molecule has 2 fully saturated rings. The number of nitrogens with one attached hydrogen (secondary N) is 1. The molecule has 0 aromatic rings. The molecule has 0 aromatic carbocycles. The normalized spacial score (nSPS) is 38.1. The zero-order valence-electron chi connectivity index (χ0n) is 11.1. The summed E-state index contributed by atoms with van der Waals surface area (Å²) in [6, 6.07) is 0.724. The van der Waals surface area contributed by atoms with Gasteiger partial charge in [0, 0.05) is 19.7 Å². The Morgan fingerprint density at radius 1 is 1.29 bits per heavy atom. The topological polar surface area (TPSA) is 41.6 Å². The number of ether oxygens (including phenoxy) is 1. The van der Waals surface area contributed by atoms with Crippen LogP contribution in [-0.4, -0.2) is 48.7 Å². The molecule has 2 rings (SSSR count). The van der Waals surface area contributed by atoms with Crippen LogP contribution in [0, 0.1) is 0 Å². The summed E-state index contributed by atoms with van der Waals surface area (Å²) < 4.78 is 5.53. The molecule has 0 aliphatic carbocycles. The van der Waals surface area contributed by atoms with E-state index in [-0.39, 0.29) is 24.1 Å². The lowest BCUT2D eigenvalue weighted by atomic mass is 9.98. The molecule has 1 amide bonds. The van der Waals surface area contributed by atoms with Gasteiger partial charge in [-0.05, 0) is 39.5 Å².